The average Bonchev–Trinajstić information content (AvgIpc) is 2.98. The van der Waals surface area contributed by atoms with Crippen LogP contribution in [0.25, 0.3) is 11.3 Å². The summed E-state index contributed by atoms with van der Waals surface area (Å²) in [6, 6.07) is 12.0. The van der Waals surface area contributed by atoms with Crippen LogP contribution in [-0.4, -0.2) is 11.1 Å². The lowest BCUT2D eigenvalue weighted by Crippen LogP contribution is -2.14. The highest BCUT2D eigenvalue weighted by atomic mass is 35.5. The fourth-order valence-electron chi connectivity index (χ4n) is 2.45. The second-order valence-electron chi connectivity index (χ2n) is 5.47. The van der Waals surface area contributed by atoms with Crippen molar-refractivity contribution in [3.63, 3.8) is 0 Å². The Bertz CT molecular complexity index is 953. The van der Waals surface area contributed by atoms with E-state index in [1.165, 1.54) is 6.07 Å². The van der Waals surface area contributed by atoms with E-state index in [2.05, 4.69) is 10.5 Å². The molecule has 4 nitrogen and oxygen atoms in total. The van der Waals surface area contributed by atoms with Crippen LogP contribution in [0.3, 0.4) is 0 Å². The molecule has 1 heterocycles. The maximum atomic E-state index is 13.0. The van der Waals surface area contributed by atoms with Crippen LogP contribution in [0.1, 0.15) is 21.7 Å². The Morgan fingerprint density at radius 2 is 1.85 bits per heavy atom. The van der Waals surface area contributed by atoms with Crippen LogP contribution in [0, 0.1) is 6.92 Å². The van der Waals surface area contributed by atoms with Crippen molar-refractivity contribution in [2.24, 2.45) is 0 Å². The van der Waals surface area contributed by atoms with Crippen molar-refractivity contribution in [3.05, 3.63) is 70.4 Å². The number of aromatic nitrogens is 1. The van der Waals surface area contributed by atoms with Gasteiger partial charge in [0.1, 0.15) is 17.0 Å². The van der Waals surface area contributed by atoms with E-state index >= 15 is 0 Å². The topological polar surface area (TPSA) is 55.1 Å². The fourth-order valence-corrected chi connectivity index (χ4v) is 2.67. The van der Waals surface area contributed by atoms with Crippen molar-refractivity contribution < 1.29 is 22.5 Å². The molecule has 134 valence electrons. The first-order valence-electron chi connectivity index (χ1n) is 7.47. The molecular formula is C18H12ClF3N2O2. The summed E-state index contributed by atoms with van der Waals surface area (Å²) in [5.41, 5.74) is 0.0560. The van der Waals surface area contributed by atoms with E-state index in [0.717, 1.165) is 12.1 Å². The Morgan fingerprint density at radius 1 is 1.15 bits per heavy atom. The third-order valence-corrected chi connectivity index (χ3v) is 4.00. The molecule has 1 aromatic heterocycles. The molecule has 3 aromatic rings. The number of rotatable bonds is 3. The van der Waals surface area contributed by atoms with Crippen LogP contribution in [0.2, 0.25) is 5.02 Å². The molecule has 0 aliphatic rings. The van der Waals surface area contributed by atoms with Crippen molar-refractivity contribution >= 4 is 23.2 Å². The van der Waals surface area contributed by atoms with Gasteiger partial charge in [0.15, 0.2) is 0 Å². The van der Waals surface area contributed by atoms with E-state index in [4.69, 9.17) is 16.1 Å². The normalized spacial score (nSPS) is 11.4. The molecule has 0 aliphatic heterocycles. The van der Waals surface area contributed by atoms with Gasteiger partial charge in [-0.25, -0.2) is 0 Å². The highest BCUT2D eigenvalue weighted by molar-refractivity contribution is 6.31. The second kappa shape index (κ2) is 6.84. The predicted molar refractivity (Wildman–Crippen MR) is 91.1 cm³/mol. The highest BCUT2D eigenvalue weighted by Gasteiger charge is 2.33. The quantitative estimate of drug-likeness (QED) is 0.645. The first-order valence-corrected chi connectivity index (χ1v) is 7.85. The van der Waals surface area contributed by atoms with Gasteiger partial charge in [-0.2, -0.15) is 13.2 Å². The van der Waals surface area contributed by atoms with E-state index < -0.39 is 22.7 Å². The Labute approximate surface area is 151 Å². The van der Waals surface area contributed by atoms with Crippen LogP contribution in [-0.2, 0) is 6.18 Å². The smallest absolute Gasteiger partial charge is 0.360 e. The van der Waals surface area contributed by atoms with Gasteiger partial charge in [0, 0.05) is 11.3 Å². The third kappa shape index (κ3) is 3.57. The summed E-state index contributed by atoms with van der Waals surface area (Å²) in [6.07, 6.45) is -4.62. The minimum atomic E-state index is -4.62. The molecule has 3 rings (SSSR count). The number of halogens is 4. The molecule has 0 spiro atoms. The van der Waals surface area contributed by atoms with Crippen LogP contribution < -0.4 is 5.32 Å². The second-order valence-corrected chi connectivity index (χ2v) is 5.88. The number of aryl methyl sites for hydroxylation is 1. The first-order chi connectivity index (χ1) is 12.3. The van der Waals surface area contributed by atoms with Crippen LogP contribution in [0.5, 0.6) is 0 Å². The summed E-state index contributed by atoms with van der Waals surface area (Å²) in [6.45, 7) is 1.55. The Morgan fingerprint density at radius 3 is 2.50 bits per heavy atom. The minimum absolute atomic E-state index is 0.0358. The molecule has 0 unspecified atom stereocenters. The lowest BCUT2D eigenvalue weighted by atomic mass is 10.1. The molecule has 0 fully saturated rings. The monoisotopic (exact) mass is 380 g/mol. The molecule has 8 heteroatoms. The number of amides is 1. The van der Waals surface area contributed by atoms with E-state index in [9.17, 15) is 18.0 Å². The van der Waals surface area contributed by atoms with Crippen LogP contribution in [0.4, 0.5) is 18.9 Å². The maximum absolute atomic E-state index is 13.0. The summed E-state index contributed by atoms with van der Waals surface area (Å²) in [4.78, 5) is 12.6. The average molecular weight is 381 g/mol. The highest BCUT2D eigenvalue weighted by Crippen LogP contribution is 2.36. The van der Waals surface area contributed by atoms with Gasteiger partial charge in [0.05, 0.1) is 10.6 Å². The summed E-state index contributed by atoms with van der Waals surface area (Å²) in [5.74, 6) is -0.371. The van der Waals surface area contributed by atoms with E-state index in [0.29, 0.717) is 11.3 Å². The standard InChI is InChI=1S/C18H12ClF3N2O2/c1-10-15(16(24-26-10)11-5-3-2-4-6-11)17(25)23-12-7-8-14(19)13(9-12)18(20,21)22/h2-9H,1H3,(H,23,25). The van der Waals surface area contributed by atoms with E-state index in [-0.39, 0.29) is 17.0 Å². The zero-order valence-electron chi connectivity index (χ0n) is 13.4. The Kier molecular flexibility index (Phi) is 4.73. The zero-order chi connectivity index (χ0) is 18.9. The largest absolute Gasteiger partial charge is 0.417 e. The molecule has 0 saturated heterocycles. The number of hydrogen-bond donors (Lipinski definition) is 1. The molecule has 0 bridgehead atoms. The lowest BCUT2D eigenvalue weighted by molar-refractivity contribution is -0.137. The van der Waals surface area contributed by atoms with Gasteiger partial charge in [-0.3, -0.25) is 4.79 Å². The van der Waals surface area contributed by atoms with Crippen molar-refractivity contribution in [1.82, 2.24) is 5.16 Å². The van der Waals surface area contributed by atoms with E-state index in [1.54, 1.807) is 31.2 Å². The third-order valence-electron chi connectivity index (χ3n) is 3.67. The van der Waals surface area contributed by atoms with Gasteiger partial charge in [-0.15, -0.1) is 0 Å². The molecule has 0 saturated carbocycles. The van der Waals surface area contributed by atoms with Gasteiger partial charge >= 0.3 is 6.18 Å². The minimum Gasteiger partial charge on any atom is -0.360 e. The molecule has 26 heavy (non-hydrogen) atoms. The molecule has 2 aromatic carbocycles. The Hall–Kier alpha value is -2.80. The van der Waals surface area contributed by atoms with Gasteiger partial charge < -0.3 is 9.84 Å². The van der Waals surface area contributed by atoms with Gasteiger partial charge in [0.25, 0.3) is 5.91 Å². The van der Waals surface area contributed by atoms with Gasteiger partial charge in [-0.05, 0) is 25.1 Å². The number of alkyl halides is 3. The first kappa shape index (κ1) is 18.0. The molecule has 1 N–H and O–H groups in total. The fraction of sp³-hybridized carbons (Fsp3) is 0.111. The van der Waals surface area contributed by atoms with Crippen LogP contribution >= 0.6 is 11.6 Å². The SMILES string of the molecule is Cc1onc(-c2ccccc2)c1C(=O)Nc1ccc(Cl)c(C(F)(F)F)c1. The molecule has 0 radical (unpaired) electrons. The summed E-state index contributed by atoms with van der Waals surface area (Å²) < 4.78 is 44.0. The number of carbonyl (C=O) groups excluding carboxylic acids is 1. The molecular weight excluding hydrogens is 369 g/mol. The number of anilines is 1. The molecule has 0 aliphatic carbocycles. The van der Waals surface area contributed by atoms with Crippen molar-refractivity contribution in [2.45, 2.75) is 13.1 Å². The summed E-state index contributed by atoms with van der Waals surface area (Å²) in [5, 5.41) is 5.88. The predicted octanol–water partition coefficient (Wildman–Crippen LogP) is 5.57. The van der Waals surface area contributed by atoms with Crippen LogP contribution in [0.15, 0.2) is 53.1 Å². The summed E-state index contributed by atoms with van der Waals surface area (Å²) in [7, 11) is 0. The molecule has 1 amide bonds. The summed E-state index contributed by atoms with van der Waals surface area (Å²) >= 11 is 5.59. The zero-order valence-corrected chi connectivity index (χ0v) is 14.2. The number of nitrogens with zero attached hydrogens (tertiary/aromatic N) is 1. The molecule has 0 atom stereocenters. The van der Waals surface area contributed by atoms with Crippen molar-refractivity contribution in [3.8, 4) is 11.3 Å². The van der Waals surface area contributed by atoms with Crippen molar-refractivity contribution in [1.29, 1.82) is 0 Å². The van der Waals surface area contributed by atoms with Crippen molar-refractivity contribution in [2.75, 3.05) is 5.32 Å². The number of hydrogen-bond acceptors (Lipinski definition) is 3. The Balaban J connectivity index is 1.94. The lowest BCUT2D eigenvalue weighted by Gasteiger charge is -2.12. The number of benzene rings is 2. The van der Waals surface area contributed by atoms with E-state index in [1.807, 2.05) is 6.07 Å². The number of nitrogens with one attached hydrogen (secondary N) is 1. The number of carbonyl (C=O) groups is 1. The van der Waals surface area contributed by atoms with Gasteiger partial charge in [-0.1, -0.05) is 47.1 Å². The maximum Gasteiger partial charge on any atom is 0.417 e. The van der Waals surface area contributed by atoms with Gasteiger partial charge in [0.2, 0.25) is 0 Å².